The fourth-order valence-corrected chi connectivity index (χ4v) is 4.90. The van der Waals surface area contributed by atoms with Gasteiger partial charge in [0.2, 0.25) is 0 Å². The van der Waals surface area contributed by atoms with Gasteiger partial charge >= 0.3 is 12.0 Å². The Morgan fingerprint density at radius 3 is 2.59 bits per heavy atom. The van der Waals surface area contributed by atoms with Crippen molar-refractivity contribution in [1.29, 1.82) is 0 Å². The quantitative estimate of drug-likeness (QED) is 0.273. The van der Waals surface area contributed by atoms with Crippen molar-refractivity contribution in [3.63, 3.8) is 0 Å². The summed E-state index contributed by atoms with van der Waals surface area (Å²) >= 11 is 1.39. The van der Waals surface area contributed by atoms with Crippen LogP contribution in [-0.2, 0) is 4.79 Å². The number of carboxylic acids is 1. The molecule has 4 N–H and O–H groups in total. The van der Waals surface area contributed by atoms with Gasteiger partial charge in [-0.05, 0) is 54.6 Å². The summed E-state index contributed by atoms with van der Waals surface area (Å²) in [6, 6.07) is 18.0. The second-order valence-corrected chi connectivity index (χ2v) is 9.56. The summed E-state index contributed by atoms with van der Waals surface area (Å²) in [4.78, 5) is 44.4. The maximum atomic E-state index is 13.6. The number of carboxylic acid groups (broad SMARTS) is 1. The first-order valence-electron chi connectivity index (χ1n) is 12.2. The molecule has 0 spiro atoms. The van der Waals surface area contributed by atoms with Gasteiger partial charge in [-0.25, -0.2) is 4.79 Å². The van der Waals surface area contributed by atoms with Crippen LogP contribution in [0.1, 0.15) is 28.2 Å². The Morgan fingerprint density at radius 2 is 1.87 bits per heavy atom. The molecule has 0 fully saturated rings. The Bertz CT molecular complexity index is 1520. The molecule has 0 saturated heterocycles. The first kappa shape index (κ1) is 27.6. The molecule has 0 aliphatic rings. The maximum Gasteiger partial charge on any atom is 0.345 e. The van der Waals surface area contributed by atoms with E-state index in [-0.39, 0.29) is 32.0 Å². The van der Waals surface area contributed by atoms with Crippen LogP contribution in [0.15, 0.2) is 76.7 Å². The lowest BCUT2D eigenvalue weighted by molar-refractivity contribution is -0.137. The van der Waals surface area contributed by atoms with Gasteiger partial charge in [-0.1, -0.05) is 30.0 Å². The molecule has 0 radical (unpaired) electrons. The van der Waals surface area contributed by atoms with Gasteiger partial charge in [0.05, 0.1) is 28.9 Å². The van der Waals surface area contributed by atoms with Gasteiger partial charge in [-0.15, -0.1) is 0 Å². The zero-order valence-corrected chi connectivity index (χ0v) is 22.1. The predicted octanol–water partition coefficient (Wildman–Crippen LogP) is 3.82. The van der Waals surface area contributed by atoms with E-state index in [4.69, 9.17) is 10.8 Å². The van der Waals surface area contributed by atoms with E-state index < -0.39 is 12.0 Å². The van der Waals surface area contributed by atoms with E-state index in [0.29, 0.717) is 16.8 Å². The number of carbonyl (C=O) groups is 3. The third-order valence-electron chi connectivity index (χ3n) is 5.81. The Hall–Kier alpha value is -4.48. The minimum absolute atomic E-state index is 0.000225. The number of aromatic nitrogens is 3. The average Bonchev–Trinajstić information content (AvgIpc) is 3.32. The Kier molecular flexibility index (Phi) is 9.08. The molecule has 4 aromatic rings. The highest BCUT2D eigenvalue weighted by atomic mass is 32.2. The van der Waals surface area contributed by atoms with Crippen molar-refractivity contribution in [2.45, 2.75) is 16.2 Å². The fraction of sp³-hybridized carbons (Fsp3) is 0.179. The van der Waals surface area contributed by atoms with Crippen LogP contribution in [0.5, 0.6) is 0 Å². The van der Waals surface area contributed by atoms with Crippen molar-refractivity contribution >= 4 is 52.7 Å². The second-order valence-electron chi connectivity index (χ2n) is 8.44. The van der Waals surface area contributed by atoms with Crippen LogP contribution in [0.4, 0.5) is 4.79 Å². The molecular formula is C28H28N6O4S. The Labute approximate surface area is 229 Å². The van der Waals surface area contributed by atoms with Crippen LogP contribution >= 0.6 is 11.8 Å². The minimum Gasteiger partial charge on any atom is -0.481 e. The van der Waals surface area contributed by atoms with Crippen LogP contribution < -0.4 is 11.1 Å². The molecule has 11 heteroatoms. The average molecular weight is 545 g/mol. The normalized spacial score (nSPS) is 11.1. The predicted molar refractivity (Wildman–Crippen MR) is 151 cm³/mol. The van der Waals surface area contributed by atoms with Gasteiger partial charge in [0.15, 0.2) is 0 Å². The van der Waals surface area contributed by atoms with Gasteiger partial charge < -0.3 is 21.1 Å². The number of nitrogens with two attached hydrogens (primary N) is 1. The van der Waals surface area contributed by atoms with Crippen molar-refractivity contribution in [3.05, 3.63) is 83.8 Å². The standard InChI is InChI=1S/C28H28N6O4S/c1-30-27(37)22-7-2-3-8-25(22)39-20-10-11-21-23(12-9-19-6-4-5-15-31-19)32-34(24(21)18-20)28(38)33(17-14-29)16-13-26(35)36/h2-12,15,18H,13-14,16-17,29H2,1H3,(H,30,37)(H,35,36)/b12-9+. The molecule has 0 unspecified atom stereocenters. The lowest BCUT2D eigenvalue weighted by Crippen LogP contribution is -2.40. The molecule has 0 aliphatic heterocycles. The number of rotatable bonds is 10. The highest BCUT2D eigenvalue weighted by molar-refractivity contribution is 7.99. The lowest BCUT2D eigenvalue weighted by atomic mass is 10.2. The smallest absolute Gasteiger partial charge is 0.345 e. The van der Waals surface area contributed by atoms with E-state index in [1.165, 1.54) is 21.3 Å². The summed E-state index contributed by atoms with van der Waals surface area (Å²) in [5, 5.41) is 17.1. The van der Waals surface area contributed by atoms with Crippen LogP contribution in [-0.4, -0.2) is 69.4 Å². The summed E-state index contributed by atoms with van der Waals surface area (Å²) in [7, 11) is 1.58. The van der Waals surface area contributed by atoms with Crippen molar-refractivity contribution < 1.29 is 19.5 Å². The monoisotopic (exact) mass is 544 g/mol. The number of benzene rings is 2. The molecule has 200 valence electrons. The number of hydrogen-bond acceptors (Lipinski definition) is 7. The minimum atomic E-state index is -1.01. The Morgan fingerprint density at radius 1 is 1.08 bits per heavy atom. The zero-order chi connectivity index (χ0) is 27.8. The highest BCUT2D eigenvalue weighted by Crippen LogP contribution is 2.33. The molecule has 10 nitrogen and oxygen atoms in total. The molecule has 2 amide bonds. The number of nitrogens with one attached hydrogen (secondary N) is 1. The van der Waals surface area contributed by atoms with Gasteiger partial charge in [0.1, 0.15) is 0 Å². The number of fused-ring (bicyclic) bond motifs is 1. The molecule has 4 rings (SSSR count). The number of aliphatic carboxylic acids is 1. The van der Waals surface area contributed by atoms with Gasteiger partial charge in [0.25, 0.3) is 5.91 Å². The molecule has 0 aliphatic carbocycles. The zero-order valence-electron chi connectivity index (χ0n) is 21.3. The number of pyridine rings is 1. The van der Waals surface area contributed by atoms with Crippen LogP contribution in [0.2, 0.25) is 0 Å². The van der Waals surface area contributed by atoms with Crippen molar-refractivity contribution in [3.8, 4) is 0 Å². The molecule has 0 atom stereocenters. The largest absolute Gasteiger partial charge is 0.481 e. The number of carbonyl (C=O) groups excluding carboxylic acids is 2. The van der Waals surface area contributed by atoms with E-state index in [1.54, 1.807) is 37.5 Å². The topological polar surface area (TPSA) is 143 Å². The first-order chi connectivity index (χ1) is 18.9. The van der Waals surface area contributed by atoms with Crippen LogP contribution in [0.25, 0.3) is 23.1 Å². The van der Waals surface area contributed by atoms with E-state index in [1.807, 2.05) is 48.5 Å². The summed E-state index contributed by atoms with van der Waals surface area (Å²) in [5.41, 5.74) is 8.08. The molecule has 0 saturated carbocycles. The fourth-order valence-electron chi connectivity index (χ4n) is 3.92. The molecule has 2 aromatic heterocycles. The van der Waals surface area contributed by atoms with Crippen LogP contribution in [0, 0.1) is 0 Å². The van der Waals surface area contributed by atoms with E-state index >= 15 is 0 Å². The SMILES string of the molecule is CNC(=O)c1ccccc1Sc1ccc2c(/C=C/c3ccccn3)nn(C(=O)N(CCN)CCC(=O)O)c2c1. The van der Waals surface area contributed by atoms with E-state index in [9.17, 15) is 14.4 Å². The molecule has 2 heterocycles. The Balaban J connectivity index is 1.77. The van der Waals surface area contributed by atoms with Gasteiger partial charge in [-0.2, -0.15) is 9.78 Å². The second kappa shape index (κ2) is 12.9. The summed E-state index contributed by atoms with van der Waals surface area (Å²) in [5.74, 6) is -1.21. The molecule has 39 heavy (non-hydrogen) atoms. The van der Waals surface area contributed by atoms with Crippen molar-refractivity contribution in [2.24, 2.45) is 5.73 Å². The highest BCUT2D eigenvalue weighted by Gasteiger charge is 2.22. The molecular weight excluding hydrogens is 516 g/mol. The van der Waals surface area contributed by atoms with Gasteiger partial charge in [0, 0.05) is 48.1 Å². The lowest BCUT2D eigenvalue weighted by Gasteiger charge is -2.21. The van der Waals surface area contributed by atoms with Crippen LogP contribution in [0.3, 0.4) is 0 Å². The van der Waals surface area contributed by atoms with E-state index in [0.717, 1.165) is 20.9 Å². The number of nitrogens with zero attached hydrogens (tertiary/aromatic N) is 4. The maximum absolute atomic E-state index is 13.6. The third-order valence-corrected chi connectivity index (χ3v) is 6.88. The van der Waals surface area contributed by atoms with Crippen molar-refractivity contribution in [2.75, 3.05) is 26.7 Å². The number of hydrogen-bond donors (Lipinski definition) is 3. The van der Waals surface area contributed by atoms with Gasteiger partial charge in [-0.3, -0.25) is 14.6 Å². The number of amides is 2. The summed E-state index contributed by atoms with van der Waals surface area (Å²) in [6.45, 7) is 0.356. The molecule has 2 aromatic carbocycles. The van der Waals surface area contributed by atoms with E-state index in [2.05, 4.69) is 15.4 Å². The first-order valence-corrected chi connectivity index (χ1v) is 13.0. The summed E-state index contributed by atoms with van der Waals surface area (Å²) in [6.07, 6.45) is 5.07. The summed E-state index contributed by atoms with van der Waals surface area (Å²) < 4.78 is 1.28. The third kappa shape index (κ3) is 6.70. The molecule has 0 bridgehead atoms. The van der Waals surface area contributed by atoms with Crippen molar-refractivity contribution in [1.82, 2.24) is 25.0 Å².